The molecule has 0 fully saturated rings. The summed E-state index contributed by atoms with van der Waals surface area (Å²) in [6.07, 6.45) is 1.46. The summed E-state index contributed by atoms with van der Waals surface area (Å²) in [5.41, 5.74) is 2.41. The number of aromatic nitrogens is 1. The van der Waals surface area contributed by atoms with Crippen LogP contribution in [-0.4, -0.2) is 36.0 Å². The number of hydrogen-bond acceptors (Lipinski definition) is 6. The van der Waals surface area contributed by atoms with Crippen molar-refractivity contribution < 1.29 is 22.7 Å². The Morgan fingerprint density at radius 1 is 1.14 bits per heavy atom. The molecule has 152 valence electrons. The Morgan fingerprint density at radius 3 is 2.24 bits per heavy atom. The van der Waals surface area contributed by atoms with Gasteiger partial charge in [0.1, 0.15) is 6.26 Å². The highest BCUT2D eigenvalue weighted by atomic mass is 35.5. The first-order valence-corrected chi connectivity index (χ1v) is 11.6. The Balaban J connectivity index is 1.72. The molecule has 0 aliphatic heterocycles. The minimum atomic E-state index is -3.78. The normalized spacial score (nSPS) is 12.6. The number of aryl methyl sites for hydroxylation is 1. The van der Waals surface area contributed by atoms with Gasteiger partial charge in [-0.1, -0.05) is 47.6 Å². The van der Waals surface area contributed by atoms with Crippen LogP contribution in [0.5, 0.6) is 0 Å². The van der Waals surface area contributed by atoms with Crippen LogP contribution in [0.4, 0.5) is 0 Å². The van der Waals surface area contributed by atoms with E-state index >= 15 is 0 Å². The van der Waals surface area contributed by atoms with E-state index in [1.807, 2.05) is 12.1 Å². The first-order chi connectivity index (χ1) is 13.7. The van der Waals surface area contributed by atoms with Crippen molar-refractivity contribution in [1.82, 2.24) is 4.98 Å². The fraction of sp³-hybridized carbons (Fsp3) is 0.200. The van der Waals surface area contributed by atoms with Gasteiger partial charge in [0.25, 0.3) is 5.22 Å². The summed E-state index contributed by atoms with van der Waals surface area (Å²) in [5.74, 6) is -2.73. The van der Waals surface area contributed by atoms with E-state index in [4.69, 9.17) is 16.0 Å². The van der Waals surface area contributed by atoms with Gasteiger partial charge in [0, 0.05) is 10.8 Å². The molecule has 0 amide bonds. The summed E-state index contributed by atoms with van der Waals surface area (Å²) in [7, 11) is -3.78. The van der Waals surface area contributed by atoms with Crippen molar-refractivity contribution in [3.05, 3.63) is 65.5 Å². The Kier molecular flexibility index (Phi) is 6.66. The average Bonchev–Trinajstić information content (AvgIpc) is 3.11. The van der Waals surface area contributed by atoms with Gasteiger partial charge in [0.05, 0.1) is 22.3 Å². The molecule has 0 bridgehead atoms. The second-order valence-corrected chi connectivity index (χ2v) is 9.86. The number of oxazole rings is 1. The van der Waals surface area contributed by atoms with E-state index in [9.17, 15) is 18.3 Å². The minimum Gasteiger partial charge on any atom is -0.481 e. The van der Waals surface area contributed by atoms with Crippen molar-refractivity contribution in [3.63, 3.8) is 0 Å². The van der Waals surface area contributed by atoms with E-state index in [1.54, 1.807) is 31.2 Å². The lowest BCUT2D eigenvalue weighted by molar-refractivity contribution is -0.140. The van der Waals surface area contributed by atoms with E-state index in [2.05, 4.69) is 4.98 Å². The summed E-state index contributed by atoms with van der Waals surface area (Å²) in [6.45, 7) is 1.75. The van der Waals surface area contributed by atoms with E-state index < -0.39 is 27.5 Å². The van der Waals surface area contributed by atoms with Crippen LogP contribution in [0.1, 0.15) is 5.69 Å². The van der Waals surface area contributed by atoms with Gasteiger partial charge < -0.3 is 9.52 Å². The zero-order chi connectivity index (χ0) is 21.0. The van der Waals surface area contributed by atoms with E-state index in [-0.39, 0.29) is 10.6 Å². The fourth-order valence-electron chi connectivity index (χ4n) is 2.62. The van der Waals surface area contributed by atoms with Crippen molar-refractivity contribution in [2.75, 3.05) is 11.5 Å². The molecular formula is C20H18ClNO5S2. The fourth-order valence-corrected chi connectivity index (χ4v) is 5.36. The van der Waals surface area contributed by atoms with Crippen molar-refractivity contribution in [2.24, 2.45) is 5.92 Å². The molecule has 0 radical (unpaired) electrons. The highest BCUT2D eigenvalue weighted by Crippen LogP contribution is 2.26. The second-order valence-electron chi connectivity index (χ2n) is 6.41. The number of nitrogens with zero attached hydrogens (tertiary/aromatic N) is 1. The molecule has 0 spiro atoms. The molecule has 0 saturated heterocycles. The molecule has 29 heavy (non-hydrogen) atoms. The first-order valence-electron chi connectivity index (χ1n) is 8.61. The van der Waals surface area contributed by atoms with Gasteiger partial charge in [0.2, 0.25) is 0 Å². The standard InChI is InChI=1S/C20H18ClNO5S2/c1-13-10-27-20(22-13)28-11-16(19(23)24)12-29(25,26)18-8-4-15(5-9-18)14-2-6-17(21)7-3-14/h2-10,16H,11-12H2,1H3,(H,23,24). The van der Waals surface area contributed by atoms with Crippen LogP contribution in [0.25, 0.3) is 11.1 Å². The molecule has 3 rings (SSSR count). The molecule has 3 aromatic rings. The van der Waals surface area contributed by atoms with Gasteiger partial charge in [-0.25, -0.2) is 13.4 Å². The van der Waals surface area contributed by atoms with E-state index in [0.717, 1.165) is 22.9 Å². The molecule has 0 saturated carbocycles. The van der Waals surface area contributed by atoms with Crippen molar-refractivity contribution in [3.8, 4) is 11.1 Å². The average molecular weight is 452 g/mol. The van der Waals surface area contributed by atoms with Crippen molar-refractivity contribution >= 4 is 39.2 Å². The summed E-state index contributed by atoms with van der Waals surface area (Å²) in [6, 6.07) is 13.6. The third-order valence-electron chi connectivity index (χ3n) is 4.17. The van der Waals surface area contributed by atoms with Crippen LogP contribution in [-0.2, 0) is 14.6 Å². The summed E-state index contributed by atoms with van der Waals surface area (Å²) in [4.78, 5) is 15.7. The Morgan fingerprint density at radius 2 is 1.72 bits per heavy atom. The highest BCUT2D eigenvalue weighted by molar-refractivity contribution is 7.99. The van der Waals surface area contributed by atoms with Crippen LogP contribution in [0, 0.1) is 12.8 Å². The van der Waals surface area contributed by atoms with Crippen molar-refractivity contribution in [2.45, 2.75) is 17.0 Å². The Bertz CT molecular complexity index is 1090. The first kappa shape index (κ1) is 21.4. The maximum Gasteiger partial charge on any atom is 0.308 e. The number of sulfone groups is 1. The Hall–Kier alpha value is -2.29. The van der Waals surface area contributed by atoms with Gasteiger partial charge in [-0.05, 0) is 42.3 Å². The molecule has 0 aliphatic carbocycles. The molecular weight excluding hydrogens is 434 g/mol. The predicted octanol–water partition coefficient (Wildman–Crippen LogP) is 4.57. The third-order valence-corrected chi connectivity index (χ3v) is 7.25. The number of thioether (sulfide) groups is 1. The predicted molar refractivity (Wildman–Crippen MR) is 112 cm³/mol. The maximum atomic E-state index is 12.7. The van der Waals surface area contributed by atoms with Crippen LogP contribution < -0.4 is 0 Å². The number of carboxylic acid groups (broad SMARTS) is 1. The highest BCUT2D eigenvalue weighted by Gasteiger charge is 2.27. The summed E-state index contributed by atoms with van der Waals surface area (Å²) in [5, 5.41) is 10.4. The lowest BCUT2D eigenvalue weighted by atomic mass is 10.1. The lowest BCUT2D eigenvalue weighted by Gasteiger charge is -2.12. The second kappa shape index (κ2) is 9.02. The molecule has 2 aromatic carbocycles. The monoisotopic (exact) mass is 451 g/mol. The molecule has 1 atom stereocenters. The molecule has 1 unspecified atom stereocenters. The van der Waals surface area contributed by atoms with Crippen LogP contribution in [0.3, 0.4) is 0 Å². The van der Waals surface area contributed by atoms with Crippen LogP contribution >= 0.6 is 23.4 Å². The molecule has 6 nitrogen and oxygen atoms in total. The maximum absolute atomic E-state index is 12.7. The number of benzene rings is 2. The molecule has 1 heterocycles. The number of carboxylic acids is 1. The number of hydrogen-bond donors (Lipinski definition) is 1. The molecule has 1 aromatic heterocycles. The number of halogens is 1. The topological polar surface area (TPSA) is 97.5 Å². The number of rotatable bonds is 8. The van der Waals surface area contributed by atoms with E-state index in [0.29, 0.717) is 15.9 Å². The number of carbonyl (C=O) groups is 1. The van der Waals surface area contributed by atoms with Crippen molar-refractivity contribution in [1.29, 1.82) is 0 Å². The quantitative estimate of drug-likeness (QED) is 0.501. The smallest absolute Gasteiger partial charge is 0.308 e. The zero-order valence-electron chi connectivity index (χ0n) is 15.4. The third kappa shape index (κ3) is 5.62. The zero-order valence-corrected chi connectivity index (χ0v) is 17.8. The Labute approximate surface area is 177 Å². The summed E-state index contributed by atoms with van der Waals surface area (Å²) < 4.78 is 30.6. The number of aliphatic carboxylic acids is 1. The van der Waals surface area contributed by atoms with Crippen LogP contribution in [0.15, 0.2) is 69.3 Å². The minimum absolute atomic E-state index is 0.0391. The SMILES string of the molecule is Cc1coc(SCC(CS(=O)(=O)c2ccc(-c3ccc(Cl)cc3)cc2)C(=O)O)n1. The van der Waals surface area contributed by atoms with E-state index in [1.165, 1.54) is 18.4 Å². The largest absolute Gasteiger partial charge is 0.481 e. The van der Waals surface area contributed by atoms with Gasteiger partial charge in [-0.2, -0.15) is 0 Å². The van der Waals surface area contributed by atoms with Gasteiger partial charge in [-0.3, -0.25) is 4.79 Å². The van der Waals surface area contributed by atoms with Gasteiger partial charge in [0.15, 0.2) is 9.84 Å². The van der Waals surface area contributed by atoms with Gasteiger partial charge in [-0.15, -0.1) is 0 Å². The molecule has 1 N–H and O–H groups in total. The molecule has 9 heteroatoms. The van der Waals surface area contributed by atoms with Gasteiger partial charge >= 0.3 is 5.97 Å². The van der Waals surface area contributed by atoms with Crippen LogP contribution in [0.2, 0.25) is 5.02 Å². The summed E-state index contributed by atoms with van der Waals surface area (Å²) >= 11 is 6.97. The lowest BCUT2D eigenvalue weighted by Crippen LogP contribution is -2.26. The molecule has 0 aliphatic rings.